The van der Waals surface area contributed by atoms with E-state index in [9.17, 15) is 14.4 Å². The summed E-state index contributed by atoms with van der Waals surface area (Å²) in [4.78, 5) is 36.0. The largest absolute Gasteiger partial charge is 0.326 e. The zero-order valence-corrected chi connectivity index (χ0v) is 15.4. The highest BCUT2D eigenvalue weighted by Gasteiger charge is 2.48. The van der Waals surface area contributed by atoms with Gasteiger partial charge < -0.3 is 10.6 Å². The highest BCUT2D eigenvalue weighted by Crippen LogP contribution is 2.40. The SMILES string of the molecule is CC(=O)c1cccc(NC(=O)C2CC2C(=O)Nc2cc(Cl)cc(Cl)c2)c1. The van der Waals surface area contributed by atoms with Crippen LogP contribution in [0.25, 0.3) is 0 Å². The molecule has 0 bridgehead atoms. The minimum Gasteiger partial charge on any atom is -0.326 e. The average Bonchev–Trinajstić information content (AvgIpc) is 3.35. The van der Waals surface area contributed by atoms with Crippen molar-refractivity contribution < 1.29 is 14.4 Å². The van der Waals surface area contributed by atoms with E-state index >= 15 is 0 Å². The molecule has 2 unspecified atom stereocenters. The van der Waals surface area contributed by atoms with E-state index in [1.165, 1.54) is 6.92 Å². The quantitative estimate of drug-likeness (QED) is 0.742. The number of ketones is 1. The lowest BCUT2D eigenvalue weighted by Gasteiger charge is -2.08. The minimum atomic E-state index is -0.399. The summed E-state index contributed by atoms with van der Waals surface area (Å²) in [6.45, 7) is 1.46. The molecule has 1 aliphatic rings. The van der Waals surface area contributed by atoms with Crippen LogP contribution < -0.4 is 10.6 Å². The molecule has 0 spiro atoms. The second kappa shape index (κ2) is 7.48. The van der Waals surface area contributed by atoms with Crippen molar-refractivity contribution in [2.75, 3.05) is 10.6 Å². The van der Waals surface area contributed by atoms with Gasteiger partial charge in [-0.25, -0.2) is 0 Å². The molecule has 1 saturated carbocycles. The van der Waals surface area contributed by atoms with E-state index in [2.05, 4.69) is 10.6 Å². The first kappa shape index (κ1) is 18.4. The van der Waals surface area contributed by atoms with E-state index in [4.69, 9.17) is 23.2 Å². The smallest absolute Gasteiger partial charge is 0.228 e. The maximum absolute atomic E-state index is 12.3. The molecule has 7 heteroatoms. The van der Waals surface area contributed by atoms with Crippen molar-refractivity contribution in [3.05, 3.63) is 58.1 Å². The van der Waals surface area contributed by atoms with Crippen molar-refractivity contribution in [2.45, 2.75) is 13.3 Å². The first-order chi connectivity index (χ1) is 12.3. The van der Waals surface area contributed by atoms with Crippen LogP contribution in [0.3, 0.4) is 0 Å². The summed E-state index contributed by atoms with van der Waals surface area (Å²) in [5, 5.41) is 6.32. The fraction of sp³-hybridized carbons (Fsp3) is 0.211. The maximum atomic E-state index is 12.3. The zero-order valence-electron chi connectivity index (χ0n) is 13.9. The van der Waals surface area contributed by atoms with Crippen LogP contribution in [0.15, 0.2) is 42.5 Å². The van der Waals surface area contributed by atoms with Gasteiger partial charge >= 0.3 is 0 Å². The van der Waals surface area contributed by atoms with E-state index in [-0.39, 0.29) is 17.6 Å². The third-order valence-corrected chi connectivity index (χ3v) is 4.57. The molecule has 3 rings (SSSR count). The standard InChI is InChI=1S/C19H16Cl2N2O3/c1-10(24)11-3-2-4-14(5-11)22-18(25)16-9-17(16)19(26)23-15-7-12(20)6-13(21)8-15/h2-8,16-17H,9H2,1H3,(H,22,25)(H,23,26). The molecule has 2 aromatic carbocycles. The number of anilines is 2. The molecule has 0 aromatic heterocycles. The van der Waals surface area contributed by atoms with E-state index in [1.807, 2.05) is 0 Å². The Morgan fingerprint density at radius 2 is 1.46 bits per heavy atom. The molecule has 2 N–H and O–H groups in total. The van der Waals surface area contributed by atoms with E-state index in [1.54, 1.807) is 42.5 Å². The van der Waals surface area contributed by atoms with Gasteiger partial charge in [0.25, 0.3) is 0 Å². The third-order valence-electron chi connectivity index (χ3n) is 4.13. The van der Waals surface area contributed by atoms with Crippen LogP contribution >= 0.6 is 23.2 Å². The van der Waals surface area contributed by atoms with Gasteiger partial charge in [0.1, 0.15) is 0 Å². The van der Waals surface area contributed by atoms with Crippen molar-refractivity contribution in [3.63, 3.8) is 0 Å². The van der Waals surface area contributed by atoms with E-state index in [0.717, 1.165) is 0 Å². The molecule has 134 valence electrons. The van der Waals surface area contributed by atoms with Gasteiger partial charge in [-0.1, -0.05) is 35.3 Å². The van der Waals surface area contributed by atoms with Gasteiger partial charge in [0.2, 0.25) is 11.8 Å². The first-order valence-electron chi connectivity index (χ1n) is 8.02. The number of hydrogen-bond acceptors (Lipinski definition) is 3. The van der Waals surface area contributed by atoms with E-state index < -0.39 is 11.8 Å². The normalized spacial score (nSPS) is 18.1. The maximum Gasteiger partial charge on any atom is 0.228 e. The van der Waals surface area contributed by atoms with Crippen molar-refractivity contribution in [1.29, 1.82) is 0 Å². The molecule has 2 atom stereocenters. The highest BCUT2D eigenvalue weighted by molar-refractivity contribution is 6.35. The molecule has 2 amide bonds. The van der Waals surface area contributed by atoms with Gasteiger partial charge in [-0.15, -0.1) is 0 Å². The number of halogens is 2. The summed E-state index contributed by atoms with van der Waals surface area (Å²) in [5.41, 5.74) is 1.55. The molecule has 0 saturated heterocycles. The Balaban J connectivity index is 1.59. The van der Waals surface area contributed by atoms with Gasteiger partial charge in [-0.3, -0.25) is 14.4 Å². The lowest BCUT2D eigenvalue weighted by Crippen LogP contribution is -2.20. The second-order valence-electron chi connectivity index (χ2n) is 6.22. The lowest BCUT2D eigenvalue weighted by atomic mass is 10.1. The van der Waals surface area contributed by atoms with Crippen LogP contribution in [0.1, 0.15) is 23.7 Å². The van der Waals surface area contributed by atoms with Gasteiger partial charge in [0.15, 0.2) is 5.78 Å². The number of rotatable bonds is 5. The van der Waals surface area contributed by atoms with Gasteiger partial charge in [-0.05, 0) is 43.7 Å². The van der Waals surface area contributed by atoms with Crippen molar-refractivity contribution >= 4 is 52.2 Å². The molecule has 26 heavy (non-hydrogen) atoms. The number of hydrogen-bond donors (Lipinski definition) is 2. The molecule has 5 nitrogen and oxygen atoms in total. The molecular weight excluding hydrogens is 375 g/mol. The summed E-state index contributed by atoms with van der Waals surface area (Å²) in [5.74, 6) is -1.37. The zero-order chi connectivity index (χ0) is 18.8. The summed E-state index contributed by atoms with van der Waals surface area (Å²) < 4.78 is 0. The van der Waals surface area contributed by atoms with Gasteiger partial charge in [0, 0.05) is 27.0 Å². The van der Waals surface area contributed by atoms with Crippen molar-refractivity contribution in [3.8, 4) is 0 Å². The van der Waals surface area contributed by atoms with Crippen LogP contribution in [-0.2, 0) is 9.59 Å². The third kappa shape index (κ3) is 4.42. The summed E-state index contributed by atoms with van der Waals surface area (Å²) in [6.07, 6.45) is 0.471. The van der Waals surface area contributed by atoms with E-state index in [0.29, 0.717) is 33.4 Å². The molecular formula is C19H16Cl2N2O3. The minimum absolute atomic E-state index is 0.0787. The Morgan fingerprint density at radius 1 is 0.885 bits per heavy atom. The number of Topliss-reactive ketones (excluding diaryl/α,β-unsaturated/α-hetero) is 1. The Labute approximate surface area is 160 Å². The van der Waals surface area contributed by atoms with Gasteiger partial charge in [0.05, 0.1) is 11.8 Å². The second-order valence-corrected chi connectivity index (χ2v) is 7.10. The monoisotopic (exact) mass is 390 g/mol. The Kier molecular flexibility index (Phi) is 5.30. The molecule has 0 aliphatic heterocycles. The topological polar surface area (TPSA) is 75.3 Å². The number of nitrogens with one attached hydrogen (secondary N) is 2. The van der Waals surface area contributed by atoms with Crippen LogP contribution in [0.4, 0.5) is 11.4 Å². The fourth-order valence-electron chi connectivity index (χ4n) is 2.69. The molecule has 1 aliphatic carbocycles. The van der Waals surface area contributed by atoms with Crippen LogP contribution in [-0.4, -0.2) is 17.6 Å². The van der Waals surface area contributed by atoms with Crippen LogP contribution in [0.2, 0.25) is 10.0 Å². The van der Waals surface area contributed by atoms with Crippen LogP contribution in [0.5, 0.6) is 0 Å². The number of carbonyl (C=O) groups excluding carboxylic acids is 3. The average molecular weight is 391 g/mol. The first-order valence-corrected chi connectivity index (χ1v) is 8.78. The fourth-order valence-corrected chi connectivity index (χ4v) is 3.21. The summed E-state index contributed by atoms with van der Waals surface area (Å²) in [7, 11) is 0. The Morgan fingerprint density at radius 3 is 2.04 bits per heavy atom. The summed E-state index contributed by atoms with van der Waals surface area (Å²) >= 11 is 11.8. The predicted molar refractivity (Wildman–Crippen MR) is 102 cm³/mol. The number of carbonyl (C=O) groups is 3. The Hall–Kier alpha value is -2.37. The predicted octanol–water partition coefficient (Wildman–Crippen LogP) is 4.41. The number of amides is 2. The van der Waals surface area contributed by atoms with Crippen molar-refractivity contribution in [1.82, 2.24) is 0 Å². The van der Waals surface area contributed by atoms with Crippen molar-refractivity contribution in [2.24, 2.45) is 11.8 Å². The Bertz CT molecular complexity index is 878. The molecule has 1 fully saturated rings. The van der Waals surface area contributed by atoms with Gasteiger partial charge in [-0.2, -0.15) is 0 Å². The number of benzene rings is 2. The molecule has 0 radical (unpaired) electrons. The van der Waals surface area contributed by atoms with Crippen LogP contribution in [0, 0.1) is 11.8 Å². The molecule has 2 aromatic rings. The highest BCUT2D eigenvalue weighted by atomic mass is 35.5. The lowest BCUT2D eigenvalue weighted by molar-refractivity contribution is -0.122. The summed E-state index contributed by atoms with van der Waals surface area (Å²) in [6, 6.07) is 11.5. The molecule has 0 heterocycles.